The molecule has 4 heteroatoms. The maximum absolute atomic E-state index is 10.4. The summed E-state index contributed by atoms with van der Waals surface area (Å²) in [5, 5.41) is 20.4. The molecule has 2 aliphatic heterocycles. The summed E-state index contributed by atoms with van der Waals surface area (Å²) in [7, 11) is 2.21. The van der Waals surface area contributed by atoms with Gasteiger partial charge in [-0.25, -0.2) is 0 Å². The smallest absolute Gasteiger partial charge is 0.125 e. The van der Waals surface area contributed by atoms with Gasteiger partial charge in [0.1, 0.15) is 5.60 Å². The predicted molar refractivity (Wildman–Crippen MR) is 108 cm³/mol. The minimum absolute atomic E-state index is 0.222. The number of benzene rings is 1. The Bertz CT molecular complexity index is 699. The molecular weight excluding hydrogens is 336 g/mol. The lowest BCUT2D eigenvalue weighted by Crippen LogP contribution is -2.67. The van der Waals surface area contributed by atoms with E-state index in [1.54, 1.807) is 0 Å². The van der Waals surface area contributed by atoms with E-state index < -0.39 is 5.60 Å². The SMILES string of the molecule is CN1CCCCN2[C@H](C1)[C@H](c1ccc(C#CC3(O)CCCC3)cc1)[C@@H]2CO. The first-order valence-electron chi connectivity index (χ1n) is 10.5. The Balaban J connectivity index is 1.50. The molecule has 0 spiro atoms. The van der Waals surface area contributed by atoms with Crippen molar-refractivity contribution in [1.29, 1.82) is 0 Å². The average molecular weight is 369 g/mol. The number of rotatable bonds is 2. The Hall–Kier alpha value is -1.38. The number of hydrogen-bond acceptors (Lipinski definition) is 4. The van der Waals surface area contributed by atoms with Crippen molar-refractivity contribution in [3.05, 3.63) is 35.4 Å². The standard InChI is InChI=1S/C23H32N2O2/c1-24-14-4-5-15-25-20(16-24)22(21(25)17-26)19-8-6-18(7-9-19)10-13-23(27)11-2-3-12-23/h6-9,20-22,26-27H,2-5,11-12,14-17H2,1H3/t20-,21+,22+/m1/s1. The minimum atomic E-state index is -0.779. The Morgan fingerprint density at radius 3 is 2.48 bits per heavy atom. The second-order valence-corrected chi connectivity index (χ2v) is 8.66. The van der Waals surface area contributed by atoms with Gasteiger partial charge in [-0.2, -0.15) is 0 Å². The van der Waals surface area contributed by atoms with E-state index in [0.29, 0.717) is 12.0 Å². The van der Waals surface area contributed by atoms with Crippen molar-refractivity contribution in [3.8, 4) is 11.8 Å². The highest BCUT2D eigenvalue weighted by atomic mass is 16.3. The van der Waals surface area contributed by atoms with Crippen LogP contribution in [-0.4, -0.2) is 71.0 Å². The van der Waals surface area contributed by atoms with Gasteiger partial charge in [-0.3, -0.25) is 4.90 Å². The molecule has 3 aliphatic rings. The van der Waals surface area contributed by atoms with Crippen LogP contribution in [0.3, 0.4) is 0 Å². The third-order valence-corrected chi connectivity index (χ3v) is 6.74. The Morgan fingerprint density at radius 1 is 1.07 bits per heavy atom. The highest BCUT2D eigenvalue weighted by molar-refractivity contribution is 5.40. The van der Waals surface area contributed by atoms with Crippen LogP contribution in [0.4, 0.5) is 0 Å². The van der Waals surface area contributed by atoms with Crippen LogP contribution in [0.15, 0.2) is 24.3 Å². The van der Waals surface area contributed by atoms with E-state index in [1.807, 2.05) is 0 Å². The summed E-state index contributed by atoms with van der Waals surface area (Å²) in [6, 6.07) is 9.22. The van der Waals surface area contributed by atoms with Gasteiger partial charge < -0.3 is 15.1 Å². The lowest BCUT2D eigenvalue weighted by molar-refractivity contribution is -0.0614. The third-order valence-electron chi connectivity index (χ3n) is 6.74. The maximum atomic E-state index is 10.4. The van der Waals surface area contributed by atoms with Gasteiger partial charge in [-0.15, -0.1) is 0 Å². The summed E-state index contributed by atoms with van der Waals surface area (Å²) >= 11 is 0. The van der Waals surface area contributed by atoms with Crippen LogP contribution in [-0.2, 0) is 0 Å². The molecule has 2 saturated heterocycles. The van der Waals surface area contributed by atoms with Gasteiger partial charge in [-0.05, 0) is 76.4 Å². The molecule has 4 nitrogen and oxygen atoms in total. The van der Waals surface area contributed by atoms with Crippen LogP contribution in [0.2, 0.25) is 0 Å². The topological polar surface area (TPSA) is 46.9 Å². The summed E-state index contributed by atoms with van der Waals surface area (Å²) in [5.74, 6) is 6.64. The molecule has 3 fully saturated rings. The molecule has 0 radical (unpaired) electrons. The van der Waals surface area contributed by atoms with Crippen molar-refractivity contribution < 1.29 is 10.2 Å². The number of likely N-dealkylation sites (N-methyl/N-ethyl adjacent to an activating group) is 1. The lowest BCUT2D eigenvalue weighted by Gasteiger charge is -2.57. The molecule has 0 aromatic heterocycles. The van der Waals surface area contributed by atoms with E-state index >= 15 is 0 Å². The monoisotopic (exact) mass is 368 g/mol. The highest BCUT2D eigenvalue weighted by Gasteiger charge is 2.48. The van der Waals surface area contributed by atoms with Gasteiger partial charge in [0.15, 0.2) is 0 Å². The van der Waals surface area contributed by atoms with Crippen LogP contribution in [0, 0.1) is 11.8 Å². The van der Waals surface area contributed by atoms with Crippen molar-refractivity contribution in [2.75, 3.05) is 33.3 Å². The molecule has 3 atom stereocenters. The van der Waals surface area contributed by atoms with E-state index in [-0.39, 0.29) is 12.6 Å². The fraction of sp³-hybridized carbons (Fsp3) is 0.652. The van der Waals surface area contributed by atoms with E-state index in [0.717, 1.165) is 50.9 Å². The van der Waals surface area contributed by atoms with Gasteiger partial charge >= 0.3 is 0 Å². The largest absolute Gasteiger partial charge is 0.395 e. The molecule has 2 heterocycles. The molecule has 1 aliphatic carbocycles. The van der Waals surface area contributed by atoms with Crippen molar-refractivity contribution >= 4 is 0 Å². The summed E-state index contributed by atoms with van der Waals surface area (Å²) < 4.78 is 0. The van der Waals surface area contributed by atoms with Crippen LogP contribution in [0.25, 0.3) is 0 Å². The number of aliphatic hydroxyl groups excluding tert-OH is 1. The second kappa shape index (κ2) is 7.93. The van der Waals surface area contributed by atoms with Gasteiger partial charge in [0.25, 0.3) is 0 Å². The van der Waals surface area contributed by atoms with E-state index in [4.69, 9.17) is 0 Å². The molecule has 27 heavy (non-hydrogen) atoms. The molecule has 2 N–H and O–H groups in total. The highest BCUT2D eigenvalue weighted by Crippen LogP contribution is 2.41. The molecule has 1 saturated carbocycles. The number of aliphatic hydroxyl groups is 2. The average Bonchev–Trinajstić information content (AvgIpc) is 3.09. The zero-order valence-corrected chi connectivity index (χ0v) is 16.4. The molecule has 146 valence electrons. The van der Waals surface area contributed by atoms with Gasteiger partial charge in [-0.1, -0.05) is 24.0 Å². The first-order chi connectivity index (χ1) is 13.1. The fourth-order valence-electron chi connectivity index (χ4n) is 5.18. The summed E-state index contributed by atoms with van der Waals surface area (Å²) in [6.45, 7) is 3.55. The van der Waals surface area contributed by atoms with Crippen molar-refractivity contribution in [2.24, 2.45) is 0 Å². The molecule has 0 unspecified atom stereocenters. The maximum Gasteiger partial charge on any atom is 0.125 e. The minimum Gasteiger partial charge on any atom is -0.395 e. The van der Waals surface area contributed by atoms with Gasteiger partial charge in [0.2, 0.25) is 0 Å². The Labute approximate surface area is 163 Å². The molecule has 1 aromatic carbocycles. The summed E-state index contributed by atoms with van der Waals surface area (Å²) in [4.78, 5) is 4.93. The van der Waals surface area contributed by atoms with Crippen molar-refractivity contribution in [1.82, 2.24) is 9.80 Å². The zero-order valence-electron chi connectivity index (χ0n) is 16.4. The van der Waals surface area contributed by atoms with Gasteiger partial charge in [0, 0.05) is 30.1 Å². The Morgan fingerprint density at radius 2 is 1.78 bits per heavy atom. The van der Waals surface area contributed by atoms with Crippen LogP contribution >= 0.6 is 0 Å². The first kappa shape index (κ1) is 19.0. The number of nitrogens with zero attached hydrogens (tertiary/aromatic N) is 2. The van der Waals surface area contributed by atoms with Crippen molar-refractivity contribution in [2.45, 2.75) is 62.1 Å². The van der Waals surface area contributed by atoms with Crippen molar-refractivity contribution in [3.63, 3.8) is 0 Å². The normalized spacial score (nSPS) is 31.1. The molecule has 0 amide bonds. The lowest BCUT2D eigenvalue weighted by atomic mass is 9.74. The van der Waals surface area contributed by atoms with E-state index in [2.05, 4.69) is 53.0 Å². The van der Waals surface area contributed by atoms with Crippen LogP contribution in [0.5, 0.6) is 0 Å². The number of fused-ring (bicyclic) bond motifs is 1. The van der Waals surface area contributed by atoms with E-state index in [1.165, 1.54) is 18.4 Å². The second-order valence-electron chi connectivity index (χ2n) is 8.66. The first-order valence-corrected chi connectivity index (χ1v) is 10.5. The predicted octanol–water partition coefficient (Wildman–Crippen LogP) is 2.20. The molecule has 1 aromatic rings. The summed E-state index contributed by atoms with van der Waals surface area (Å²) in [6.07, 6.45) is 6.18. The molecular formula is C23H32N2O2. The number of hydrogen-bond donors (Lipinski definition) is 2. The molecule has 0 bridgehead atoms. The van der Waals surface area contributed by atoms with E-state index in [9.17, 15) is 10.2 Å². The summed E-state index contributed by atoms with van der Waals surface area (Å²) in [5.41, 5.74) is 1.48. The zero-order chi connectivity index (χ0) is 18.9. The third kappa shape index (κ3) is 3.93. The van der Waals surface area contributed by atoms with Gasteiger partial charge in [0.05, 0.1) is 6.61 Å². The Kier molecular flexibility index (Phi) is 5.57. The fourth-order valence-corrected chi connectivity index (χ4v) is 5.18. The quantitative estimate of drug-likeness (QED) is 0.786. The van der Waals surface area contributed by atoms with Crippen LogP contribution in [0.1, 0.15) is 55.6 Å². The molecule has 4 rings (SSSR count). The van der Waals surface area contributed by atoms with Crippen LogP contribution < -0.4 is 0 Å².